The van der Waals surface area contributed by atoms with E-state index in [9.17, 15) is 4.79 Å². The highest BCUT2D eigenvalue weighted by Crippen LogP contribution is 2.26. The van der Waals surface area contributed by atoms with E-state index in [2.05, 4.69) is 0 Å². The van der Waals surface area contributed by atoms with Gasteiger partial charge >= 0.3 is 0 Å². The molecule has 0 saturated carbocycles. The molecule has 2 atom stereocenters. The van der Waals surface area contributed by atoms with Crippen LogP contribution in [-0.4, -0.2) is 17.0 Å². The third-order valence-corrected chi connectivity index (χ3v) is 2.91. The van der Waals surface area contributed by atoms with Gasteiger partial charge in [0.05, 0.1) is 12.0 Å². The quantitative estimate of drug-likeness (QED) is 0.706. The molecule has 0 bridgehead atoms. The molecule has 3 heteroatoms. The topological polar surface area (TPSA) is 29.5 Å². The van der Waals surface area contributed by atoms with Crippen molar-refractivity contribution in [1.29, 1.82) is 0 Å². The van der Waals surface area contributed by atoms with Gasteiger partial charge in [0.2, 0.25) is 0 Å². The lowest BCUT2D eigenvalue weighted by molar-refractivity contribution is -0.243. The number of nitrogens with zero attached hydrogens (tertiary/aromatic N) is 1. The molecule has 80 valence electrons. The van der Waals surface area contributed by atoms with Gasteiger partial charge in [0.15, 0.2) is 0 Å². The van der Waals surface area contributed by atoms with Crippen LogP contribution in [0, 0.1) is 5.92 Å². The SMILES string of the molecule is C[C@@H]1C(=O)N(OCc2ccccc2)[C@@H]1C. The zero-order valence-electron chi connectivity index (χ0n) is 9.01. The van der Waals surface area contributed by atoms with E-state index < -0.39 is 0 Å². The predicted molar refractivity (Wildman–Crippen MR) is 56.7 cm³/mol. The molecule has 0 N–H and O–H groups in total. The Morgan fingerprint density at radius 1 is 1.27 bits per heavy atom. The fraction of sp³-hybridized carbons (Fsp3) is 0.417. The Hall–Kier alpha value is -1.35. The predicted octanol–water partition coefficient (Wildman–Crippen LogP) is 1.99. The van der Waals surface area contributed by atoms with Gasteiger partial charge in [-0.05, 0) is 12.5 Å². The number of carbonyl (C=O) groups excluding carboxylic acids is 1. The number of amides is 1. The third-order valence-electron chi connectivity index (χ3n) is 2.91. The van der Waals surface area contributed by atoms with Crippen molar-refractivity contribution in [1.82, 2.24) is 5.06 Å². The first-order valence-electron chi connectivity index (χ1n) is 5.20. The number of hydroxylamine groups is 2. The van der Waals surface area contributed by atoms with Crippen LogP contribution in [0.15, 0.2) is 30.3 Å². The van der Waals surface area contributed by atoms with Crippen molar-refractivity contribution < 1.29 is 9.63 Å². The fourth-order valence-corrected chi connectivity index (χ4v) is 1.63. The molecule has 0 aliphatic carbocycles. The van der Waals surface area contributed by atoms with Crippen LogP contribution in [0.25, 0.3) is 0 Å². The van der Waals surface area contributed by atoms with E-state index in [1.165, 1.54) is 5.06 Å². The molecule has 1 amide bonds. The van der Waals surface area contributed by atoms with E-state index in [-0.39, 0.29) is 17.9 Å². The maximum Gasteiger partial charge on any atom is 0.251 e. The standard InChI is InChI=1S/C12H15NO2/c1-9-10(2)13(12(9)14)15-8-11-6-4-3-5-7-11/h3-7,9-10H,8H2,1-2H3/t9-,10+/m0/s1. The normalized spacial score (nSPS) is 25.2. The number of hydrogen-bond acceptors (Lipinski definition) is 2. The summed E-state index contributed by atoms with van der Waals surface area (Å²) in [4.78, 5) is 16.8. The van der Waals surface area contributed by atoms with Crippen LogP contribution in [0.3, 0.4) is 0 Å². The summed E-state index contributed by atoms with van der Waals surface area (Å²) < 4.78 is 0. The first-order chi connectivity index (χ1) is 7.20. The molecule has 1 saturated heterocycles. The van der Waals surface area contributed by atoms with E-state index in [1.54, 1.807) is 0 Å². The first-order valence-corrected chi connectivity index (χ1v) is 5.20. The van der Waals surface area contributed by atoms with Gasteiger partial charge in [-0.15, -0.1) is 0 Å². The highest BCUT2D eigenvalue weighted by molar-refractivity contribution is 5.84. The lowest BCUT2D eigenvalue weighted by Gasteiger charge is -2.42. The molecule has 2 rings (SSSR count). The van der Waals surface area contributed by atoms with Crippen LogP contribution < -0.4 is 0 Å². The molecule has 1 heterocycles. The highest BCUT2D eigenvalue weighted by atomic mass is 16.7. The number of β-lactam (4-membered cyclic amide) rings is 1. The lowest BCUT2D eigenvalue weighted by Crippen LogP contribution is -2.57. The molecule has 1 aromatic carbocycles. The Bertz CT molecular complexity index is 350. The molecule has 15 heavy (non-hydrogen) atoms. The minimum Gasteiger partial charge on any atom is -0.272 e. The second-order valence-electron chi connectivity index (χ2n) is 3.95. The number of benzene rings is 1. The summed E-state index contributed by atoms with van der Waals surface area (Å²) in [6.07, 6.45) is 0. The molecule has 1 aromatic rings. The summed E-state index contributed by atoms with van der Waals surface area (Å²) >= 11 is 0. The first kappa shape index (κ1) is 10.2. The van der Waals surface area contributed by atoms with Crippen molar-refractivity contribution in [3.8, 4) is 0 Å². The smallest absolute Gasteiger partial charge is 0.251 e. The van der Waals surface area contributed by atoms with E-state index in [4.69, 9.17) is 4.84 Å². The Balaban J connectivity index is 1.87. The monoisotopic (exact) mass is 205 g/mol. The van der Waals surface area contributed by atoms with E-state index in [0.717, 1.165) is 5.56 Å². The molecule has 0 aromatic heterocycles. The van der Waals surface area contributed by atoms with E-state index in [1.807, 2.05) is 44.2 Å². The van der Waals surface area contributed by atoms with Gasteiger partial charge in [-0.25, -0.2) is 5.06 Å². The molecule has 1 fully saturated rings. The van der Waals surface area contributed by atoms with Crippen molar-refractivity contribution >= 4 is 5.91 Å². The van der Waals surface area contributed by atoms with Crippen molar-refractivity contribution in [2.24, 2.45) is 5.92 Å². The van der Waals surface area contributed by atoms with Crippen LogP contribution >= 0.6 is 0 Å². The lowest BCUT2D eigenvalue weighted by atomic mass is 9.94. The largest absolute Gasteiger partial charge is 0.272 e. The van der Waals surface area contributed by atoms with Crippen molar-refractivity contribution in [2.75, 3.05) is 0 Å². The van der Waals surface area contributed by atoms with E-state index >= 15 is 0 Å². The average Bonchev–Trinajstić information content (AvgIpc) is 2.30. The molecule has 1 aliphatic rings. The molecular weight excluding hydrogens is 190 g/mol. The fourth-order valence-electron chi connectivity index (χ4n) is 1.63. The summed E-state index contributed by atoms with van der Waals surface area (Å²) in [7, 11) is 0. The zero-order chi connectivity index (χ0) is 10.8. The van der Waals surface area contributed by atoms with Gasteiger partial charge in [-0.2, -0.15) is 0 Å². The van der Waals surface area contributed by atoms with Crippen LogP contribution in [0.5, 0.6) is 0 Å². The summed E-state index contributed by atoms with van der Waals surface area (Å²) in [5, 5.41) is 1.47. The summed E-state index contributed by atoms with van der Waals surface area (Å²) in [5.41, 5.74) is 1.08. The second-order valence-corrected chi connectivity index (χ2v) is 3.95. The molecular formula is C12H15NO2. The third kappa shape index (κ3) is 1.88. The van der Waals surface area contributed by atoms with Gasteiger partial charge in [-0.3, -0.25) is 9.63 Å². The minimum atomic E-state index is 0.0819. The molecule has 0 spiro atoms. The van der Waals surface area contributed by atoms with Gasteiger partial charge in [0, 0.05) is 0 Å². The molecule has 0 unspecified atom stereocenters. The van der Waals surface area contributed by atoms with Crippen LogP contribution in [-0.2, 0) is 16.2 Å². The van der Waals surface area contributed by atoms with E-state index in [0.29, 0.717) is 6.61 Å². The Kier molecular flexibility index (Phi) is 2.73. The zero-order valence-corrected chi connectivity index (χ0v) is 9.01. The van der Waals surface area contributed by atoms with Crippen molar-refractivity contribution in [2.45, 2.75) is 26.5 Å². The van der Waals surface area contributed by atoms with Gasteiger partial charge < -0.3 is 0 Å². The maximum atomic E-state index is 11.4. The molecule has 0 radical (unpaired) electrons. The Morgan fingerprint density at radius 2 is 1.93 bits per heavy atom. The Morgan fingerprint density at radius 3 is 2.53 bits per heavy atom. The minimum absolute atomic E-state index is 0.0819. The average molecular weight is 205 g/mol. The van der Waals surface area contributed by atoms with Crippen molar-refractivity contribution in [3.05, 3.63) is 35.9 Å². The number of hydrogen-bond donors (Lipinski definition) is 0. The molecule has 1 aliphatic heterocycles. The Labute approximate surface area is 89.6 Å². The van der Waals surface area contributed by atoms with Crippen LogP contribution in [0.4, 0.5) is 0 Å². The van der Waals surface area contributed by atoms with Crippen LogP contribution in [0.2, 0.25) is 0 Å². The summed E-state index contributed by atoms with van der Waals surface area (Å²) in [6.45, 7) is 4.38. The number of carbonyl (C=O) groups is 1. The van der Waals surface area contributed by atoms with Gasteiger partial charge in [0.1, 0.15) is 6.61 Å². The maximum absolute atomic E-state index is 11.4. The molecule has 3 nitrogen and oxygen atoms in total. The summed E-state index contributed by atoms with van der Waals surface area (Å²) in [5.74, 6) is 0.180. The summed E-state index contributed by atoms with van der Waals surface area (Å²) in [6, 6.07) is 10.0. The second kappa shape index (κ2) is 4.03. The number of rotatable bonds is 3. The van der Waals surface area contributed by atoms with Crippen LogP contribution in [0.1, 0.15) is 19.4 Å². The van der Waals surface area contributed by atoms with Gasteiger partial charge in [-0.1, -0.05) is 37.3 Å². The highest BCUT2D eigenvalue weighted by Gasteiger charge is 2.42. The van der Waals surface area contributed by atoms with Crippen molar-refractivity contribution in [3.63, 3.8) is 0 Å². The van der Waals surface area contributed by atoms with Gasteiger partial charge in [0.25, 0.3) is 5.91 Å².